The molecule has 0 aliphatic heterocycles. The molecule has 1 unspecified atom stereocenters. The van der Waals surface area contributed by atoms with Crippen LogP contribution in [0.1, 0.15) is 18.7 Å². The van der Waals surface area contributed by atoms with E-state index in [9.17, 15) is 0 Å². The molecule has 0 aliphatic carbocycles. The second kappa shape index (κ2) is 4.69. The molecule has 2 rings (SSSR count). The summed E-state index contributed by atoms with van der Waals surface area (Å²) in [6.07, 6.45) is 1.61. The van der Waals surface area contributed by atoms with Gasteiger partial charge in [0.05, 0.1) is 19.4 Å². The van der Waals surface area contributed by atoms with Gasteiger partial charge >= 0.3 is 6.01 Å². The third kappa shape index (κ3) is 2.63. The quantitative estimate of drug-likeness (QED) is 0.822. The Morgan fingerprint density at radius 2 is 2.24 bits per heavy atom. The second-order valence-corrected chi connectivity index (χ2v) is 3.39. The van der Waals surface area contributed by atoms with Gasteiger partial charge in [0.1, 0.15) is 5.76 Å². The first-order chi connectivity index (χ1) is 8.19. The molecule has 2 heterocycles. The van der Waals surface area contributed by atoms with Gasteiger partial charge in [-0.15, -0.1) is 0 Å². The van der Waals surface area contributed by atoms with Crippen LogP contribution >= 0.6 is 0 Å². The first kappa shape index (κ1) is 11.2. The Kier molecular flexibility index (Phi) is 3.08. The van der Waals surface area contributed by atoms with Crippen molar-refractivity contribution in [3.8, 4) is 6.01 Å². The van der Waals surface area contributed by atoms with Crippen LogP contribution in [-0.4, -0.2) is 22.1 Å². The molecular weight excluding hydrogens is 222 g/mol. The fourth-order valence-electron chi connectivity index (χ4n) is 1.33. The highest BCUT2D eigenvalue weighted by Gasteiger charge is 2.11. The number of furan rings is 1. The van der Waals surface area contributed by atoms with Gasteiger partial charge in [0, 0.05) is 0 Å². The molecule has 2 aromatic rings. The number of rotatable bonds is 4. The molecule has 0 spiro atoms. The van der Waals surface area contributed by atoms with E-state index >= 15 is 0 Å². The summed E-state index contributed by atoms with van der Waals surface area (Å²) in [6.45, 7) is 1.92. The summed E-state index contributed by atoms with van der Waals surface area (Å²) >= 11 is 0. The number of nitrogens with zero attached hydrogens (tertiary/aromatic N) is 3. The highest BCUT2D eigenvalue weighted by atomic mass is 16.5. The number of nitrogen functional groups attached to an aromatic ring is 1. The monoisotopic (exact) mass is 235 g/mol. The van der Waals surface area contributed by atoms with Crippen molar-refractivity contribution in [2.24, 2.45) is 0 Å². The van der Waals surface area contributed by atoms with Crippen molar-refractivity contribution in [3.05, 3.63) is 24.2 Å². The minimum atomic E-state index is -0.0727. The molecule has 0 amide bonds. The fraction of sp³-hybridized carbons (Fsp3) is 0.300. The van der Waals surface area contributed by atoms with E-state index in [0.717, 1.165) is 5.76 Å². The van der Waals surface area contributed by atoms with Crippen LogP contribution in [0.15, 0.2) is 22.8 Å². The number of ether oxygens (including phenoxy) is 1. The molecule has 0 aliphatic rings. The highest BCUT2D eigenvalue weighted by Crippen LogP contribution is 2.18. The molecule has 7 nitrogen and oxygen atoms in total. The zero-order chi connectivity index (χ0) is 12.3. The molecule has 7 heteroatoms. The summed E-state index contributed by atoms with van der Waals surface area (Å²) in [7, 11) is 1.47. The molecule has 0 saturated heterocycles. The zero-order valence-electron chi connectivity index (χ0n) is 9.54. The van der Waals surface area contributed by atoms with Crippen LogP contribution in [0.3, 0.4) is 0 Å². The van der Waals surface area contributed by atoms with Crippen molar-refractivity contribution >= 4 is 11.9 Å². The van der Waals surface area contributed by atoms with E-state index in [4.69, 9.17) is 14.9 Å². The van der Waals surface area contributed by atoms with Crippen LogP contribution in [-0.2, 0) is 0 Å². The number of nitrogens with two attached hydrogens (primary N) is 1. The van der Waals surface area contributed by atoms with Crippen molar-refractivity contribution in [1.82, 2.24) is 15.0 Å². The van der Waals surface area contributed by atoms with E-state index in [-0.39, 0.29) is 18.0 Å². The SMILES string of the molecule is COc1nc(N)nc(NC(C)c2ccco2)n1. The third-order valence-electron chi connectivity index (χ3n) is 2.13. The van der Waals surface area contributed by atoms with Crippen molar-refractivity contribution in [3.63, 3.8) is 0 Å². The zero-order valence-corrected chi connectivity index (χ0v) is 9.54. The normalized spacial score (nSPS) is 12.1. The average Bonchev–Trinajstić information content (AvgIpc) is 2.81. The summed E-state index contributed by atoms with van der Waals surface area (Å²) in [6, 6.07) is 3.78. The molecule has 3 N–H and O–H groups in total. The molecule has 0 saturated carbocycles. The number of methoxy groups -OCH3 is 1. The fourth-order valence-corrected chi connectivity index (χ4v) is 1.33. The largest absolute Gasteiger partial charge is 0.467 e. The van der Waals surface area contributed by atoms with E-state index < -0.39 is 0 Å². The number of aromatic nitrogens is 3. The summed E-state index contributed by atoms with van der Waals surface area (Å²) in [5.41, 5.74) is 5.52. The summed E-state index contributed by atoms with van der Waals surface area (Å²) in [5.74, 6) is 1.23. The van der Waals surface area contributed by atoms with Gasteiger partial charge in [-0.05, 0) is 19.1 Å². The Balaban J connectivity index is 2.15. The summed E-state index contributed by atoms with van der Waals surface area (Å²) < 4.78 is 10.2. The minimum absolute atomic E-state index is 0.0727. The topological polar surface area (TPSA) is 99.1 Å². The summed E-state index contributed by atoms with van der Waals surface area (Å²) in [4.78, 5) is 11.8. The van der Waals surface area contributed by atoms with Gasteiger partial charge in [0.2, 0.25) is 11.9 Å². The van der Waals surface area contributed by atoms with Crippen molar-refractivity contribution in [2.45, 2.75) is 13.0 Å². The molecule has 17 heavy (non-hydrogen) atoms. The summed E-state index contributed by atoms with van der Waals surface area (Å²) in [5, 5.41) is 3.04. The molecule has 0 fully saturated rings. The predicted molar refractivity (Wildman–Crippen MR) is 61.5 cm³/mol. The molecule has 2 aromatic heterocycles. The van der Waals surface area contributed by atoms with Crippen molar-refractivity contribution in [2.75, 3.05) is 18.2 Å². The van der Waals surface area contributed by atoms with Crippen LogP contribution in [0.4, 0.5) is 11.9 Å². The number of anilines is 2. The maximum absolute atomic E-state index is 5.52. The Labute approximate surface area is 98.0 Å². The Bertz CT molecular complexity index is 485. The lowest BCUT2D eigenvalue weighted by Gasteiger charge is -2.11. The van der Waals surface area contributed by atoms with Gasteiger partial charge in [0.25, 0.3) is 0 Å². The Morgan fingerprint density at radius 1 is 1.41 bits per heavy atom. The van der Waals surface area contributed by atoms with Gasteiger partial charge in [-0.1, -0.05) is 0 Å². The van der Waals surface area contributed by atoms with Gasteiger partial charge < -0.3 is 20.2 Å². The lowest BCUT2D eigenvalue weighted by molar-refractivity contribution is 0.379. The molecular formula is C10H13N5O2. The molecule has 1 atom stereocenters. The second-order valence-electron chi connectivity index (χ2n) is 3.39. The predicted octanol–water partition coefficient (Wildman–Crippen LogP) is 1.23. The van der Waals surface area contributed by atoms with E-state index in [1.54, 1.807) is 6.26 Å². The average molecular weight is 235 g/mol. The van der Waals surface area contributed by atoms with Crippen LogP contribution in [0, 0.1) is 0 Å². The first-order valence-electron chi connectivity index (χ1n) is 5.04. The standard InChI is InChI=1S/C10H13N5O2/c1-6(7-4-3-5-17-7)12-9-13-8(11)14-10(15-9)16-2/h3-6H,1-2H3,(H3,11,12,13,14,15). The highest BCUT2D eigenvalue weighted by molar-refractivity contribution is 5.34. The maximum Gasteiger partial charge on any atom is 0.322 e. The van der Waals surface area contributed by atoms with E-state index in [1.807, 2.05) is 19.1 Å². The van der Waals surface area contributed by atoms with Crippen molar-refractivity contribution < 1.29 is 9.15 Å². The smallest absolute Gasteiger partial charge is 0.322 e. The van der Waals surface area contributed by atoms with Crippen molar-refractivity contribution in [1.29, 1.82) is 0 Å². The lowest BCUT2D eigenvalue weighted by atomic mass is 10.2. The van der Waals surface area contributed by atoms with Gasteiger partial charge in [-0.25, -0.2) is 0 Å². The molecule has 0 radical (unpaired) electrons. The Hall–Kier alpha value is -2.31. The number of hydrogen-bond donors (Lipinski definition) is 2. The van der Waals surface area contributed by atoms with Crippen LogP contribution in [0.25, 0.3) is 0 Å². The van der Waals surface area contributed by atoms with Crippen LogP contribution in [0.2, 0.25) is 0 Å². The lowest BCUT2D eigenvalue weighted by Crippen LogP contribution is -2.11. The van der Waals surface area contributed by atoms with Gasteiger partial charge in [-0.2, -0.15) is 15.0 Å². The van der Waals surface area contributed by atoms with E-state index in [0.29, 0.717) is 5.95 Å². The van der Waals surface area contributed by atoms with Crippen LogP contribution < -0.4 is 15.8 Å². The number of hydrogen-bond acceptors (Lipinski definition) is 7. The van der Waals surface area contributed by atoms with E-state index in [1.165, 1.54) is 7.11 Å². The molecule has 90 valence electrons. The number of nitrogens with one attached hydrogen (secondary N) is 1. The minimum Gasteiger partial charge on any atom is -0.467 e. The Morgan fingerprint density at radius 3 is 2.88 bits per heavy atom. The maximum atomic E-state index is 5.52. The third-order valence-corrected chi connectivity index (χ3v) is 2.13. The van der Waals surface area contributed by atoms with Gasteiger partial charge in [-0.3, -0.25) is 0 Å². The first-order valence-corrected chi connectivity index (χ1v) is 5.04. The molecule has 0 aromatic carbocycles. The van der Waals surface area contributed by atoms with E-state index in [2.05, 4.69) is 20.3 Å². The van der Waals surface area contributed by atoms with Gasteiger partial charge in [0.15, 0.2) is 0 Å². The van der Waals surface area contributed by atoms with Crippen LogP contribution in [0.5, 0.6) is 6.01 Å². The molecule has 0 bridgehead atoms.